The molecule has 1 unspecified atom stereocenters. The van der Waals surface area contributed by atoms with Crippen LogP contribution >= 0.6 is 0 Å². The van der Waals surface area contributed by atoms with E-state index in [1.165, 1.54) is 11.1 Å². The van der Waals surface area contributed by atoms with E-state index in [1.54, 1.807) is 13.0 Å². The SMILES string of the molecule is CCC(/C=C/C(C)=O)CC/C=C(\C)CCC=C(C)C. The van der Waals surface area contributed by atoms with Crippen molar-refractivity contribution in [3.63, 3.8) is 0 Å². The first kappa shape index (κ1) is 17.9. The first-order chi connectivity index (χ1) is 8.95. The third-order valence-electron chi connectivity index (χ3n) is 3.25. The van der Waals surface area contributed by atoms with Crippen molar-refractivity contribution in [2.75, 3.05) is 0 Å². The van der Waals surface area contributed by atoms with Gasteiger partial charge >= 0.3 is 0 Å². The second-order valence-corrected chi connectivity index (χ2v) is 5.59. The summed E-state index contributed by atoms with van der Waals surface area (Å²) in [7, 11) is 0. The molecule has 0 aromatic rings. The van der Waals surface area contributed by atoms with Crippen LogP contribution in [0, 0.1) is 5.92 Å². The van der Waals surface area contributed by atoms with E-state index in [2.05, 4.69) is 45.9 Å². The summed E-state index contributed by atoms with van der Waals surface area (Å²) >= 11 is 0. The number of allylic oxidation sites excluding steroid dienone is 6. The van der Waals surface area contributed by atoms with Crippen LogP contribution in [0.4, 0.5) is 0 Å². The van der Waals surface area contributed by atoms with Gasteiger partial charge in [-0.15, -0.1) is 0 Å². The number of carbonyl (C=O) groups is 1. The molecule has 108 valence electrons. The van der Waals surface area contributed by atoms with Gasteiger partial charge in [-0.1, -0.05) is 36.3 Å². The van der Waals surface area contributed by atoms with Crippen LogP contribution in [0.2, 0.25) is 0 Å². The minimum atomic E-state index is 0.145. The van der Waals surface area contributed by atoms with Crippen molar-refractivity contribution in [3.05, 3.63) is 35.5 Å². The Balaban J connectivity index is 4.03. The molecule has 0 saturated carbocycles. The molecule has 0 radical (unpaired) electrons. The molecule has 0 aliphatic rings. The molecule has 1 nitrogen and oxygen atoms in total. The Kier molecular flexibility index (Phi) is 10.1. The number of hydrogen-bond donors (Lipinski definition) is 0. The first-order valence-corrected chi connectivity index (χ1v) is 7.43. The van der Waals surface area contributed by atoms with Crippen molar-refractivity contribution in [2.45, 2.75) is 66.7 Å². The zero-order valence-electron chi connectivity index (χ0n) is 13.3. The van der Waals surface area contributed by atoms with Gasteiger partial charge in [0.15, 0.2) is 5.78 Å². The lowest BCUT2D eigenvalue weighted by Crippen LogP contribution is -1.95. The van der Waals surface area contributed by atoms with E-state index in [-0.39, 0.29) is 5.78 Å². The van der Waals surface area contributed by atoms with Crippen LogP contribution in [0.25, 0.3) is 0 Å². The van der Waals surface area contributed by atoms with Crippen LogP contribution in [0.1, 0.15) is 66.7 Å². The van der Waals surface area contributed by atoms with E-state index in [9.17, 15) is 4.79 Å². The highest BCUT2D eigenvalue weighted by atomic mass is 16.1. The van der Waals surface area contributed by atoms with Crippen LogP contribution < -0.4 is 0 Å². The summed E-state index contributed by atoms with van der Waals surface area (Å²) in [5.41, 5.74) is 2.87. The lowest BCUT2D eigenvalue weighted by Gasteiger charge is -2.08. The van der Waals surface area contributed by atoms with Crippen molar-refractivity contribution in [1.29, 1.82) is 0 Å². The molecule has 0 spiro atoms. The minimum Gasteiger partial charge on any atom is -0.295 e. The molecule has 0 aliphatic carbocycles. The summed E-state index contributed by atoms with van der Waals surface area (Å²) in [5.74, 6) is 0.678. The van der Waals surface area contributed by atoms with Crippen LogP contribution in [0.15, 0.2) is 35.5 Å². The van der Waals surface area contributed by atoms with Gasteiger partial charge in [-0.05, 0) is 71.8 Å². The van der Waals surface area contributed by atoms with E-state index >= 15 is 0 Å². The van der Waals surface area contributed by atoms with Gasteiger partial charge in [0, 0.05) is 0 Å². The first-order valence-electron chi connectivity index (χ1n) is 7.43. The van der Waals surface area contributed by atoms with E-state index < -0.39 is 0 Å². The van der Waals surface area contributed by atoms with Gasteiger partial charge in [-0.3, -0.25) is 4.79 Å². The Morgan fingerprint density at radius 3 is 2.26 bits per heavy atom. The van der Waals surface area contributed by atoms with Gasteiger partial charge in [0.05, 0.1) is 0 Å². The molecule has 0 rings (SSSR count). The topological polar surface area (TPSA) is 17.1 Å². The molecule has 0 aromatic carbocycles. The van der Waals surface area contributed by atoms with Crippen molar-refractivity contribution >= 4 is 5.78 Å². The second-order valence-electron chi connectivity index (χ2n) is 5.59. The Morgan fingerprint density at radius 1 is 1.05 bits per heavy atom. The smallest absolute Gasteiger partial charge is 0.152 e. The zero-order chi connectivity index (χ0) is 14.7. The summed E-state index contributed by atoms with van der Waals surface area (Å²) in [4.78, 5) is 10.9. The summed E-state index contributed by atoms with van der Waals surface area (Å²) in [6, 6.07) is 0. The standard InChI is InChI=1S/C18H30O/c1-6-18(14-13-17(5)19)12-8-11-16(4)10-7-9-15(2)3/h9,11,13-14,18H,6-8,10,12H2,1-5H3/b14-13+,16-11+. The Morgan fingerprint density at radius 2 is 1.74 bits per heavy atom. The van der Waals surface area contributed by atoms with Crippen LogP contribution in [-0.4, -0.2) is 5.78 Å². The minimum absolute atomic E-state index is 0.145. The van der Waals surface area contributed by atoms with Crippen molar-refractivity contribution in [1.82, 2.24) is 0 Å². The highest BCUT2D eigenvalue weighted by Gasteiger charge is 2.01. The van der Waals surface area contributed by atoms with Crippen molar-refractivity contribution in [3.8, 4) is 0 Å². The van der Waals surface area contributed by atoms with Gasteiger partial charge in [-0.25, -0.2) is 0 Å². The number of ketones is 1. The maximum Gasteiger partial charge on any atom is 0.152 e. The Labute approximate surface area is 119 Å². The molecule has 1 heteroatoms. The average Bonchev–Trinajstić information content (AvgIpc) is 2.32. The zero-order valence-corrected chi connectivity index (χ0v) is 13.3. The summed E-state index contributed by atoms with van der Waals surface area (Å²) in [5, 5.41) is 0. The molecule has 0 saturated heterocycles. The molecule has 1 atom stereocenters. The molecule has 0 aromatic heterocycles. The highest BCUT2D eigenvalue weighted by Crippen LogP contribution is 2.15. The lowest BCUT2D eigenvalue weighted by molar-refractivity contribution is -0.112. The number of hydrogen-bond acceptors (Lipinski definition) is 1. The second kappa shape index (κ2) is 10.8. The molecular weight excluding hydrogens is 232 g/mol. The average molecular weight is 262 g/mol. The quantitative estimate of drug-likeness (QED) is 0.389. The molecule has 0 aliphatic heterocycles. The molecular formula is C18H30O. The Bertz CT molecular complexity index is 341. The molecule has 0 fully saturated rings. The van der Waals surface area contributed by atoms with E-state index in [1.807, 2.05) is 0 Å². The van der Waals surface area contributed by atoms with Gasteiger partial charge in [0.25, 0.3) is 0 Å². The van der Waals surface area contributed by atoms with E-state index in [0.29, 0.717) is 5.92 Å². The number of carbonyl (C=O) groups excluding carboxylic acids is 1. The molecule has 0 heterocycles. The van der Waals surface area contributed by atoms with Crippen LogP contribution in [-0.2, 0) is 4.79 Å². The fourth-order valence-electron chi connectivity index (χ4n) is 1.94. The third-order valence-corrected chi connectivity index (χ3v) is 3.25. The van der Waals surface area contributed by atoms with Crippen LogP contribution in [0.3, 0.4) is 0 Å². The normalized spacial score (nSPS) is 13.6. The fraction of sp³-hybridized carbons (Fsp3) is 0.611. The van der Waals surface area contributed by atoms with E-state index in [0.717, 1.165) is 32.1 Å². The van der Waals surface area contributed by atoms with E-state index in [4.69, 9.17) is 0 Å². The maximum absolute atomic E-state index is 10.9. The Hall–Kier alpha value is -1.11. The van der Waals surface area contributed by atoms with Crippen molar-refractivity contribution < 1.29 is 4.79 Å². The highest BCUT2D eigenvalue weighted by molar-refractivity contribution is 5.87. The predicted molar refractivity (Wildman–Crippen MR) is 85.3 cm³/mol. The summed E-state index contributed by atoms with van der Waals surface area (Å²) in [6.07, 6.45) is 14.1. The molecule has 19 heavy (non-hydrogen) atoms. The van der Waals surface area contributed by atoms with Gasteiger partial charge in [0.1, 0.15) is 0 Å². The van der Waals surface area contributed by atoms with Gasteiger partial charge < -0.3 is 0 Å². The van der Waals surface area contributed by atoms with Crippen LogP contribution in [0.5, 0.6) is 0 Å². The number of rotatable bonds is 9. The maximum atomic E-state index is 10.9. The largest absolute Gasteiger partial charge is 0.295 e. The molecule has 0 bridgehead atoms. The summed E-state index contributed by atoms with van der Waals surface area (Å²) < 4.78 is 0. The molecule has 0 N–H and O–H groups in total. The van der Waals surface area contributed by atoms with Gasteiger partial charge in [0.2, 0.25) is 0 Å². The van der Waals surface area contributed by atoms with Gasteiger partial charge in [-0.2, -0.15) is 0 Å². The lowest BCUT2D eigenvalue weighted by atomic mass is 9.98. The fourth-order valence-corrected chi connectivity index (χ4v) is 1.94. The monoisotopic (exact) mass is 262 g/mol. The third kappa shape index (κ3) is 11.7. The molecule has 0 amide bonds. The predicted octanol–water partition coefficient (Wildman–Crippen LogP) is 5.63. The van der Waals surface area contributed by atoms with Crippen molar-refractivity contribution in [2.24, 2.45) is 5.92 Å². The summed E-state index contributed by atoms with van der Waals surface area (Å²) in [6.45, 7) is 10.3.